The summed E-state index contributed by atoms with van der Waals surface area (Å²) in [5.74, 6) is -0.299. The van der Waals surface area contributed by atoms with Gasteiger partial charge in [-0.25, -0.2) is 9.97 Å². The van der Waals surface area contributed by atoms with Crippen molar-refractivity contribution in [2.24, 2.45) is 0 Å². The van der Waals surface area contributed by atoms with Crippen LogP contribution >= 0.6 is 11.3 Å². The van der Waals surface area contributed by atoms with Crippen molar-refractivity contribution in [2.45, 2.75) is 45.1 Å². The van der Waals surface area contributed by atoms with Gasteiger partial charge in [-0.1, -0.05) is 6.07 Å². The number of aromatic nitrogens is 5. The Morgan fingerprint density at radius 3 is 2.50 bits per heavy atom. The van der Waals surface area contributed by atoms with E-state index in [-0.39, 0.29) is 23.4 Å². The number of hydrogen-bond donors (Lipinski definition) is 2. The van der Waals surface area contributed by atoms with E-state index < -0.39 is 5.60 Å². The van der Waals surface area contributed by atoms with Gasteiger partial charge in [0.1, 0.15) is 16.4 Å². The molecule has 0 atom stereocenters. The fraction of sp³-hybridized carbons (Fsp3) is 0.360. The van der Waals surface area contributed by atoms with Crippen molar-refractivity contribution in [1.29, 1.82) is 0 Å². The fourth-order valence-corrected chi connectivity index (χ4v) is 5.28. The predicted octanol–water partition coefficient (Wildman–Crippen LogP) is 3.18. The number of thiazole rings is 1. The lowest BCUT2D eigenvalue weighted by Gasteiger charge is -2.35. The zero-order chi connectivity index (χ0) is 25.6. The number of carbonyl (C=O) groups is 2. The molecule has 4 aromatic rings. The van der Waals surface area contributed by atoms with Crippen molar-refractivity contribution in [3.63, 3.8) is 0 Å². The molecule has 0 spiro atoms. The highest BCUT2D eigenvalue weighted by molar-refractivity contribution is 7.13. The second-order valence-electron chi connectivity index (χ2n) is 9.50. The average Bonchev–Trinajstić information content (AvgIpc) is 3.53. The summed E-state index contributed by atoms with van der Waals surface area (Å²) in [7, 11) is 0. The molecule has 10 nitrogen and oxygen atoms in total. The van der Waals surface area contributed by atoms with E-state index in [1.165, 1.54) is 36.6 Å². The molecule has 1 aliphatic rings. The van der Waals surface area contributed by atoms with Gasteiger partial charge in [0, 0.05) is 47.9 Å². The number of aliphatic hydroxyl groups is 1. The fourth-order valence-electron chi connectivity index (χ4n) is 4.67. The second-order valence-corrected chi connectivity index (χ2v) is 10.4. The molecule has 1 fully saturated rings. The molecule has 1 aliphatic heterocycles. The van der Waals surface area contributed by atoms with E-state index in [4.69, 9.17) is 10.7 Å². The standard InChI is InChI=1S/C25H27N7O3S/c1-14(33)19-20(15-6-9-31(10-7-15)24(34)25(2,3)35)30-22-17(13-29-32(22)21(19)26)16-4-5-18(28-12-16)23-27-8-11-36-23/h4-5,8,11-13,15,35H,6-7,9-10,26H2,1-3H3. The van der Waals surface area contributed by atoms with Crippen LogP contribution in [0.1, 0.15) is 55.6 Å². The molecule has 0 unspecified atom stereocenters. The third kappa shape index (κ3) is 4.24. The molecule has 0 bridgehead atoms. The first kappa shape index (κ1) is 24.0. The molecule has 0 radical (unpaired) electrons. The van der Waals surface area contributed by atoms with Gasteiger partial charge in [0.15, 0.2) is 11.4 Å². The maximum Gasteiger partial charge on any atom is 0.253 e. The Morgan fingerprint density at radius 2 is 1.92 bits per heavy atom. The summed E-state index contributed by atoms with van der Waals surface area (Å²) in [6, 6.07) is 3.85. The SMILES string of the molecule is CC(=O)c1c(C2CCN(C(=O)C(C)(C)O)CC2)nc2c(-c3ccc(-c4nccs4)nc3)cnn2c1N. The molecule has 0 saturated carbocycles. The van der Waals surface area contributed by atoms with Crippen molar-refractivity contribution in [3.05, 3.63) is 47.4 Å². The van der Waals surface area contributed by atoms with Gasteiger partial charge in [-0.05, 0) is 39.7 Å². The minimum Gasteiger partial charge on any atom is -0.383 e. The van der Waals surface area contributed by atoms with E-state index in [9.17, 15) is 14.7 Å². The molecular weight excluding hydrogens is 478 g/mol. The van der Waals surface area contributed by atoms with E-state index in [1.807, 2.05) is 17.5 Å². The summed E-state index contributed by atoms with van der Waals surface area (Å²) in [5.41, 5.74) is 8.93. The van der Waals surface area contributed by atoms with Crippen LogP contribution in [0.25, 0.3) is 27.5 Å². The number of anilines is 1. The Bertz CT molecular complexity index is 1430. The third-order valence-corrected chi connectivity index (χ3v) is 7.28. The van der Waals surface area contributed by atoms with E-state index >= 15 is 0 Å². The summed E-state index contributed by atoms with van der Waals surface area (Å²) in [6.45, 7) is 5.38. The highest BCUT2D eigenvalue weighted by Gasteiger charge is 2.34. The van der Waals surface area contributed by atoms with Gasteiger partial charge in [-0.15, -0.1) is 11.3 Å². The first-order chi connectivity index (χ1) is 17.1. The molecule has 186 valence electrons. The van der Waals surface area contributed by atoms with Crippen molar-refractivity contribution in [2.75, 3.05) is 18.8 Å². The Labute approximate surface area is 211 Å². The number of amides is 1. The molecule has 0 aliphatic carbocycles. The lowest BCUT2D eigenvalue weighted by molar-refractivity contribution is -0.148. The second kappa shape index (κ2) is 9.07. The van der Waals surface area contributed by atoms with Crippen LogP contribution in [-0.4, -0.2) is 65.0 Å². The maximum atomic E-state index is 12.6. The van der Waals surface area contributed by atoms with Crippen LogP contribution in [0.15, 0.2) is 36.1 Å². The highest BCUT2D eigenvalue weighted by atomic mass is 32.1. The molecule has 11 heteroatoms. The summed E-state index contributed by atoms with van der Waals surface area (Å²) in [5, 5.41) is 17.3. The van der Waals surface area contributed by atoms with Crippen LogP contribution in [0.4, 0.5) is 5.82 Å². The molecule has 5 heterocycles. The molecule has 1 amide bonds. The summed E-state index contributed by atoms with van der Waals surface area (Å²) in [4.78, 5) is 40.6. The number of nitrogen functional groups attached to an aromatic ring is 1. The van der Waals surface area contributed by atoms with Crippen LogP contribution in [0.2, 0.25) is 0 Å². The molecule has 4 aromatic heterocycles. The van der Waals surface area contributed by atoms with Crippen molar-refractivity contribution in [1.82, 2.24) is 29.5 Å². The maximum absolute atomic E-state index is 12.6. The van der Waals surface area contributed by atoms with E-state index in [2.05, 4.69) is 15.1 Å². The molecule has 0 aromatic carbocycles. The van der Waals surface area contributed by atoms with Crippen molar-refractivity contribution in [3.8, 4) is 21.8 Å². The summed E-state index contributed by atoms with van der Waals surface area (Å²) >= 11 is 1.52. The number of likely N-dealkylation sites (tertiary alicyclic amines) is 1. The van der Waals surface area contributed by atoms with Gasteiger partial charge in [-0.3, -0.25) is 14.6 Å². The van der Waals surface area contributed by atoms with E-state index in [0.29, 0.717) is 42.8 Å². The number of nitrogens with zero attached hydrogens (tertiary/aromatic N) is 6. The topological polar surface area (TPSA) is 140 Å². The van der Waals surface area contributed by atoms with Gasteiger partial charge >= 0.3 is 0 Å². The van der Waals surface area contributed by atoms with Crippen molar-refractivity contribution >= 4 is 34.5 Å². The Hall–Kier alpha value is -3.70. The Balaban J connectivity index is 1.51. The van der Waals surface area contributed by atoms with E-state index in [0.717, 1.165) is 21.8 Å². The lowest BCUT2D eigenvalue weighted by Crippen LogP contribution is -2.48. The van der Waals surface area contributed by atoms with Crippen LogP contribution in [0.3, 0.4) is 0 Å². The van der Waals surface area contributed by atoms with E-state index in [1.54, 1.807) is 23.5 Å². The monoisotopic (exact) mass is 505 g/mol. The lowest BCUT2D eigenvalue weighted by atomic mass is 9.89. The minimum absolute atomic E-state index is 0.0600. The van der Waals surface area contributed by atoms with Gasteiger partial charge in [0.25, 0.3) is 5.91 Å². The number of Topliss-reactive ketones (excluding diaryl/α,β-unsaturated/α-hetero) is 1. The Kier molecular flexibility index (Phi) is 6.05. The number of nitrogens with two attached hydrogens (primary N) is 1. The zero-order valence-corrected chi connectivity index (χ0v) is 21.1. The van der Waals surface area contributed by atoms with Crippen LogP contribution in [-0.2, 0) is 4.79 Å². The number of hydrogen-bond acceptors (Lipinski definition) is 9. The summed E-state index contributed by atoms with van der Waals surface area (Å²) < 4.78 is 1.50. The third-order valence-electron chi connectivity index (χ3n) is 6.48. The highest BCUT2D eigenvalue weighted by Crippen LogP contribution is 2.35. The molecule has 36 heavy (non-hydrogen) atoms. The molecule has 1 saturated heterocycles. The number of pyridine rings is 1. The number of carbonyl (C=O) groups excluding carboxylic acids is 2. The molecule has 5 rings (SSSR count). The zero-order valence-electron chi connectivity index (χ0n) is 20.3. The van der Waals surface area contributed by atoms with Gasteiger partial charge in [0.05, 0.1) is 23.1 Å². The summed E-state index contributed by atoms with van der Waals surface area (Å²) in [6.07, 6.45) is 6.39. The largest absolute Gasteiger partial charge is 0.383 e. The first-order valence-electron chi connectivity index (χ1n) is 11.7. The smallest absolute Gasteiger partial charge is 0.253 e. The first-order valence-corrected chi connectivity index (χ1v) is 12.6. The number of fused-ring (bicyclic) bond motifs is 1. The molecule has 3 N–H and O–H groups in total. The minimum atomic E-state index is -1.42. The quantitative estimate of drug-likeness (QED) is 0.394. The van der Waals surface area contributed by atoms with Crippen LogP contribution < -0.4 is 5.73 Å². The normalized spacial score (nSPS) is 14.9. The van der Waals surface area contributed by atoms with Crippen LogP contribution in [0.5, 0.6) is 0 Å². The van der Waals surface area contributed by atoms with Crippen LogP contribution in [0, 0.1) is 0 Å². The number of rotatable bonds is 5. The number of piperidine rings is 1. The average molecular weight is 506 g/mol. The molecular formula is C25H27N7O3S. The van der Waals surface area contributed by atoms with Crippen molar-refractivity contribution < 1.29 is 14.7 Å². The van der Waals surface area contributed by atoms with Gasteiger partial charge < -0.3 is 15.7 Å². The Morgan fingerprint density at radius 1 is 1.17 bits per heavy atom. The van der Waals surface area contributed by atoms with Gasteiger partial charge in [-0.2, -0.15) is 9.61 Å². The van der Waals surface area contributed by atoms with Gasteiger partial charge in [0.2, 0.25) is 0 Å². The number of ketones is 1. The predicted molar refractivity (Wildman–Crippen MR) is 137 cm³/mol.